The van der Waals surface area contributed by atoms with E-state index in [2.05, 4.69) is 5.32 Å². The van der Waals surface area contributed by atoms with Gasteiger partial charge in [0.2, 0.25) is 0 Å². The standard InChI is InChI=1S/C15H22F3NO/c1-3-20-14-8-6-13(7-9-14)12(2)19-11-5-4-10-15(16,17)18/h6-9,12,19H,3-5,10-11H2,1-2H3. The average molecular weight is 289 g/mol. The van der Waals surface area contributed by atoms with Crippen molar-refractivity contribution in [3.63, 3.8) is 0 Å². The summed E-state index contributed by atoms with van der Waals surface area (Å²) in [7, 11) is 0. The summed E-state index contributed by atoms with van der Waals surface area (Å²) in [5, 5.41) is 3.23. The number of alkyl halides is 3. The van der Waals surface area contributed by atoms with E-state index in [4.69, 9.17) is 4.74 Å². The van der Waals surface area contributed by atoms with Crippen LogP contribution >= 0.6 is 0 Å². The van der Waals surface area contributed by atoms with E-state index in [1.165, 1.54) is 0 Å². The Hall–Kier alpha value is -1.23. The molecule has 1 atom stereocenters. The van der Waals surface area contributed by atoms with Gasteiger partial charge >= 0.3 is 6.18 Å². The maximum atomic E-state index is 12.0. The maximum Gasteiger partial charge on any atom is 0.389 e. The highest BCUT2D eigenvalue weighted by molar-refractivity contribution is 5.28. The van der Waals surface area contributed by atoms with Crippen LogP contribution in [0.3, 0.4) is 0 Å². The molecule has 1 N–H and O–H groups in total. The van der Waals surface area contributed by atoms with Gasteiger partial charge in [0, 0.05) is 12.5 Å². The van der Waals surface area contributed by atoms with Gasteiger partial charge in [-0.2, -0.15) is 13.2 Å². The largest absolute Gasteiger partial charge is 0.494 e. The lowest BCUT2D eigenvalue weighted by Gasteiger charge is -2.15. The summed E-state index contributed by atoms with van der Waals surface area (Å²) in [4.78, 5) is 0. The summed E-state index contributed by atoms with van der Waals surface area (Å²) in [6.07, 6.45) is -4.04. The van der Waals surface area contributed by atoms with E-state index in [-0.39, 0.29) is 12.5 Å². The highest BCUT2D eigenvalue weighted by atomic mass is 19.4. The third-order valence-electron chi connectivity index (χ3n) is 3.03. The smallest absolute Gasteiger partial charge is 0.389 e. The van der Waals surface area contributed by atoms with Crippen molar-refractivity contribution in [2.75, 3.05) is 13.2 Å². The first kappa shape index (κ1) is 16.8. The van der Waals surface area contributed by atoms with Gasteiger partial charge in [-0.05, 0) is 50.9 Å². The summed E-state index contributed by atoms with van der Waals surface area (Å²) in [5.41, 5.74) is 1.10. The number of hydrogen-bond acceptors (Lipinski definition) is 2. The SMILES string of the molecule is CCOc1ccc(C(C)NCCCCC(F)(F)F)cc1. The molecule has 114 valence electrons. The molecule has 2 nitrogen and oxygen atoms in total. The minimum Gasteiger partial charge on any atom is -0.494 e. The van der Waals surface area contributed by atoms with Gasteiger partial charge < -0.3 is 10.1 Å². The van der Waals surface area contributed by atoms with Crippen LogP contribution in [0.1, 0.15) is 44.7 Å². The Kier molecular flexibility index (Phi) is 6.85. The van der Waals surface area contributed by atoms with Crippen LogP contribution in [-0.4, -0.2) is 19.3 Å². The highest BCUT2D eigenvalue weighted by Crippen LogP contribution is 2.22. The molecule has 0 amide bonds. The van der Waals surface area contributed by atoms with E-state index < -0.39 is 12.6 Å². The Morgan fingerprint density at radius 2 is 1.80 bits per heavy atom. The molecule has 0 fully saturated rings. The Balaban J connectivity index is 2.26. The topological polar surface area (TPSA) is 21.3 Å². The molecule has 5 heteroatoms. The quantitative estimate of drug-likeness (QED) is 0.713. The van der Waals surface area contributed by atoms with Gasteiger partial charge in [0.25, 0.3) is 0 Å². The van der Waals surface area contributed by atoms with Gasteiger partial charge in [0.1, 0.15) is 5.75 Å². The lowest BCUT2D eigenvalue weighted by molar-refractivity contribution is -0.135. The molecular formula is C15H22F3NO. The normalized spacial score (nSPS) is 13.2. The molecule has 20 heavy (non-hydrogen) atoms. The van der Waals surface area contributed by atoms with E-state index in [9.17, 15) is 13.2 Å². The molecule has 0 aliphatic carbocycles. The molecule has 0 bridgehead atoms. The van der Waals surface area contributed by atoms with Gasteiger partial charge in [-0.15, -0.1) is 0 Å². The predicted octanol–water partition coefficient (Wildman–Crippen LogP) is 4.47. The number of unbranched alkanes of at least 4 members (excludes halogenated alkanes) is 1. The van der Waals surface area contributed by atoms with E-state index >= 15 is 0 Å². The van der Waals surface area contributed by atoms with E-state index in [1.807, 2.05) is 38.1 Å². The molecule has 0 aromatic heterocycles. The molecule has 0 radical (unpaired) electrons. The Morgan fingerprint density at radius 3 is 2.35 bits per heavy atom. The van der Waals surface area contributed by atoms with Gasteiger partial charge in [-0.25, -0.2) is 0 Å². The number of halogens is 3. The molecular weight excluding hydrogens is 267 g/mol. The zero-order valence-electron chi connectivity index (χ0n) is 12.0. The van der Waals surface area contributed by atoms with Crippen LogP contribution in [0.25, 0.3) is 0 Å². The van der Waals surface area contributed by atoms with Gasteiger partial charge in [-0.3, -0.25) is 0 Å². The highest BCUT2D eigenvalue weighted by Gasteiger charge is 2.25. The molecule has 1 aromatic carbocycles. The number of hydrogen-bond donors (Lipinski definition) is 1. The number of nitrogens with one attached hydrogen (secondary N) is 1. The minimum absolute atomic E-state index is 0.122. The molecule has 1 aromatic rings. The molecule has 0 saturated heterocycles. The Bertz CT molecular complexity index is 376. The third-order valence-corrected chi connectivity index (χ3v) is 3.03. The second kappa shape index (κ2) is 8.15. The summed E-state index contributed by atoms with van der Waals surface area (Å²) < 4.78 is 41.3. The van der Waals surface area contributed by atoms with Crippen LogP contribution in [0.5, 0.6) is 5.75 Å². The summed E-state index contributed by atoms with van der Waals surface area (Å²) >= 11 is 0. The van der Waals surface area contributed by atoms with Crippen molar-refractivity contribution in [3.8, 4) is 5.75 Å². The first-order chi connectivity index (χ1) is 9.42. The van der Waals surface area contributed by atoms with Crippen molar-refractivity contribution < 1.29 is 17.9 Å². The molecule has 1 unspecified atom stereocenters. The first-order valence-electron chi connectivity index (χ1n) is 6.95. The molecule has 1 rings (SSSR count). The second-order valence-corrected chi connectivity index (χ2v) is 4.75. The minimum atomic E-state index is -4.04. The fraction of sp³-hybridized carbons (Fsp3) is 0.600. The Morgan fingerprint density at radius 1 is 1.15 bits per heavy atom. The molecule has 0 saturated carbocycles. The van der Waals surface area contributed by atoms with Crippen LogP contribution in [0.4, 0.5) is 13.2 Å². The van der Waals surface area contributed by atoms with Crippen LogP contribution < -0.4 is 10.1 Å². The maximum absolute atomic E-state index is 12.0. The molecule has 0 heterocycles. The first-order valence-corrected chi connectivity index (χ1v) is 6.95. The van der Waals surface area contributed by atoms with E-state index in [1.54, 1.807) is 0 Å². The van der Waals surface area contributed by atoms with Gasteiger partial charge in [-0.1, -0.05) is 12.1 Å². The fourth-order valence-electron chi connectivity index (χ4n) is 1.91. The average Bonchev–Trinajstić information content (AvgIpc) is 2.38. The summed E-state index contributed by atoms with van der Waals surface area (Å²) in [6.45, 7) is 5.15. The zero-order valence-corrected chi connectivity index (χ0v) is 12.0. The van der Waals surface area contributed by atoms with E-state index in [0.717, 1.165) is 11.3 Å². The number of rotatable bonds is 8. The van der Waals surface area contributed by atoms with Crippen molar-refractivity contribution in [2.24, 2.45) is 0 Å². The van der Waals surface area contributed by atoms with Crippen molar-refractivity contribution in [3.05, 3.63) is 29.8 Å². The van der Waals surface area contributed by atoms with Crippen LogP contribution in [0.15, 0.2) is 24.3 Å². The van der Waals surface area contributed by atoms with Gasteiger partial charge in [0.15, 0.2) is 0 Å². The van der Waals surface area contributed by atoms with Crippen molar-refractivity contribution in [1.29, 1.82) is 0 Å². The third kappa shape index (κ3) is 6.80. The van der Waals surface area contributed by atoms with Crippen molar-refractivity contribution in [2.45, 2.75) is 45.3 Å². The monoisotopic (exact) mass is 289 g/mol. The van der Waals surface area contributed by atoms with Crippen LogP contribution in [0, 0.1) is 0 Å². The summed E-state index contributed by atoms with van der Waals surface area (Å²) in [6, 6.07) is 7.87. The molecule has 0 spiro atoms. The van der Waals surface area contributed by atoms with Crippen molar-refractivity contribution in [1.82, 2.24) is 5.32 Å². The van der Waals surface area contributed by atoms with Crippen LogP contribution in [-0.2, 0) is 0 Å². The number of benzene rings is 1. The lowest BCUT2D eigenvalue weighted by atomic mass is 10.1. The number of ether oxygens (including phenoxy) is 1. The molecule has 0 aliphatic rings. The second-order valence-electron chi connectivity index (χ2n) is 4.75. The zero-order chi connectivity index (χ0) is 15.0. The fourth-order valence-corrected chi connectivity index (χ4v) is 1.91. The Labute approximate surface area is 118 Å². The lowest BCUT2D eigenvalue weighted by Crippen LogP contribution is -2.20. The van der Waals surface area contributed by atoms with E-state index in [0.29, 0.717) is 19.6 Å². The predicted molar refractivity (Wildman–Crippen MR) is 73.9 cm³/mol. The molecule has 0 aliphatic heterocycles. The summed E-state index contributed by atoms with van der Waals surface area (Å²) in [5.74, 6) is 0.827. The van der Waals surface area contributed by atoms with Crippen molar-refractivity contribution >= 4 is 0 Å². The van der Waals surface area contributed by atoms with Crippen LogP contribution in [0.2, 0.25) is 0 Å². The van der Waals surface area contributed by atoms with Gasteiger partial charge in [0.05, 0.1) is 6.61 Å².